The van der Waals surface area contributed by atoms with Gasteiger partial charge in [-0.15, -0.1) is 0 Å². The van der Waals surface area contributed by atoms with Crippen LogP contribution in [0.3, 0.4) is 0 Å². The summed E-state index contributed by atoms with van der Waals surface area (Å²) in [5, 5.41) is 17.1. The number of hydrogen-bond acceptors (Lipinski definition) is 3. The Morgan fingerprint density at radius 2 is 1.93 bits per heavy atom. The van der Waals surface area contributed by atoms with Crippen LogP contribution in [-0.2, 0) is 0 Å². The van der Waals surface area contributed by atoms with E-state index in [0.29, 0.717) is 12.4 Å². The first-order valence-electron chi connectivity index (χ1n) is 4.69. The molecule has 0 heterocycles. The van der Waals surface area contributed by atoms with Crippen molar-refractivity contribution in [3.8, 4) is 11.5 Å². The predicted octanol–water partition coefficient (Wildman–Crippen LogP) is 2.18. The third kappa shape index (κ3) is 5.43. The van der Waals surface area contributed by atoms with E-state index in [0.717, 1.165) is 12.8 Å². The fourth-order valence-corrected chi connectivity index (χ4v) is 0.788. The SMILES string of the molecule is CCCCO.COc1ccccc1O. The van der Waals surface area contributed by atoms with Crippen molar-refractivity contribution in [1.29, 1.82) is 0 Å². The summed E-state index contributed by atoms with van der Waals surface area (Å²) in [5.41, 5.74) is 0. The van der Waals surface area contributed by atoms with Crippen LogP contribution in [0.1, 0.15) is 19.8 Å². The van der Waals surface area contributed by atoms with Gasteiger partial charge >= 0.3 is 0 Å². The molecule has 0 radical (unpaired) electrons. The van der Waals surface area contributed by atoms with Crippen molar-refractivity contribution in [3.63, 3.8) is 0 Å². The Hall–Kier alpha value is -1.22. The normalized spacial score (nSPS) is 8.79. The van der Waals surface area contributed by atoms with Crippen LogP contribution >= 0.6 is 0 Å². The maximum absolute atomic E-state index is 8.99. The zero-order chi connectivity index (χ0) is 10.8. The number of phenolic OH excluding ortho intramolecular Hbond substituents is 1. The maximum Gasteiger partial charge on any atom is 0.160 e. The molecule has 0 aliphatic heterocycles. The molecule has 3 heteroatoms. The highest BCUT2D eigenvalue weighted by Gasteiger charge is 1.94. The molecule has 1 aromatic rings. The number of phenols is 1. The highest BCUT2D eigenvalue weighted by Crippen LogP contribution is 2.22. The Morgan fingerprint density at radius 3 is 2.21 bits per heavy atom. The zero-order valence-corrected chi connectivity index (χ0v) is 8.73. The van der Waals surface area contributed by atoms with Crippen LogP contribution < -0.4 is 4.74 Å². The molecule has 0 spiro atoms. The summed E-state index contributed by atoms with van der Waals surface area (Å²) < 4.78 is 4.79. The van der Waals surface area contributed by atoms with Crippen LogP contribution in [0.2, 0.25) is 0 Å². The lowest BCUT2D eigenvalue weighted by molar-refractivity contribution is 0.287. The molecule has 80 valence electrons. The Morgan fingerprint density at radius 1 is 1.29 bits per heavy atom. The van der Waals surface area contributed by atoms with Crippen molar-refractivity contribution in [1.82, 2.24) is 0 Å². The Labute approximate surface area is 85.0 Å². The lowest BCUT2D eigenvalue weighted by Crippen LogP contribution is -1.80. The highest BCUT2D eigenvalue weighted by atomic mass is 16.5. The third-order valence-corrected chi connectivity index (χ3v) is 1.60. The molecule has 3 nitrogen and oxygen atoms in total. The van der Waals surface area contributed by atoms with E-state index in [2.05, 4.69) is 6.92 Å². The number of ether oxygens (including phenoxy) is 1. The molecule has 14 heavy (non-hydrogen) atoms. The molecule has 1 rings (SSSR count). The van der Waals surface area contributed by atoms with Gasteiger partial charge in [0.05, 0.1) is 7.11 Å². The molecule has 0 saturated heterocycles. The summed E-state index contributed by atoms with van der Waals surface area (Å²) in [6.45, 7) is 2.40. The molecule has 0 fully saturated rings. The molecule has 0 aliphatic rings. The number of aliphatic hydroxyl groups is 1. The van der Waals surface area contributed by atoms with Gasteiger partial charge in [-0.25, -0.2) is 0 Å². The van der Waals surface area contributed by atoms with Crippen LogP contribution in [-0.4, -0.2) is 23.9 Å². The van der Waals surface area contributed by atoms with Crippen LogP contribution in [0.15, 0.2) is 24.3 Å². The summed E-state index contributed by atoms with van der Waals surface area (Å²) in [5.74, 6) is 0.692. The average molecular weight is 198 g/mol. The maximum atomic E-state index is 8.99. The molecule has 0 saturated carbocycles. The first-order valence-corrected chi connectivity index (χ1v) is 4.69. The van der Waals surface area contributed by atoms with E-state index in [1.165, 1.54) is 7.11 Å². The number of benzene rings is 1. The number of unbranched alkanes of at least 4 members (excludes halogenated alkanes) is 1. The minimum absolute atomic E-state index is 0.181. The highest BCUT2D eigenvalue weighted by molar-refractivity contribution is 5.37. The first-order chi connectivity index (χ1) is 6.76. The number of rotatable bonds is 3. The van der Waals surface area contributed by atoms with Gasteiger partial charge in [-0.2, -0.15) is 0 Å². The van der Waals surface area contributed by atoms with E-state index >= 15 is 0 Å². The summed E-state index contributed by atoms with van der Waals surface area (Å²) in [6, 6.07) is 6.84. The molecule has 0 bridgehead atoms. The van der Waals surface area contributed by atoms with Crippen molar-refractivity contribution in [2.45, 2.75) is 19.8 Å². The molecular weight excluding hydrogens is 180 g/mol. The molecule has 0 aliphatic carbocycles. The monoisotopic (exact) mass is 198 g/mol. The second-order valence-corrected chi connectivity index (χ2v) is 2.75. The first kappa shape index (κ1) is 12.8. The molecule has 1 aromatic carbocycles. The van der Waals surface area contributed by atoms with Gasteiger partial charge in [-0.05, 0) is 18.6 Å². The van der Waals surface area contributed by atoms with E-state index in [1.54, 1.807) is 24.3 Å². The van der Waals surface area contributed by atoms with Crippen LogP contribution in [0.4, 0.5) is 0 Å². The summed E-state index contributed by atoms with van der Waals surface area (Å²) >= 11 is 0. The third-order valence-electron chi connectivity index (χ3n) is 1.60. The van der Waals surface area contributed by atoms with Gasteiger partial charge in [0.15, 0.2) is 11.5 Å². The van der Waals surface area contributed by atoms with Gasteiger partial charge in [0.1, 0.15) is 0 Å². The van der Waals surface area contributed by atoms with Crippen LogP contribution in [0.25, 0.3) is 0 Å². The smallest absolute Gasteiger partial charge is 0.160 e. The van der Waals surface area contributed by atoms with Gasteiger partial charge in [0.2, 0.25) is 0 Å². The molecule has 2 N–H and O–H groups in total. The predicted molar refractivity (Wildman–Crippen MR) is 56.7 cm³/mol. The molecular formula is C11H18O3. The number of methoxy groups -OCH3 is 1. The Bertz CT molecular complexity index is 234. The van der Waals surface area contributed by atoms with Gasteiger partial charge in [-0.3, -0.25) is 0 Å². The quantitative estimate of drug-likeness (QED) is 0.782. The fraction of sp³-hybridized carbons (Fsp3) is 0.455. The van der Waals surface area contributed by atoms with Crippen molar-refractivity contribution in [2.75, 3.05) is 13.7 Å². The lowest BCUT2D eigenvalue weighted by Gasteiger charge is -1.99. The standard InChI is InChI=1S/C7H8O2.C4H10O/c1-9-7-5-3-2-4-6(7)8;1-2-3-4-5/h2-5,8H,1H3;5H,2-4H2,1H3. The van der Waals surface area contributed by atoms with E-state index in [9.17, 15) is 0 Å². The van der Waals surface area contributed by atoms with Crippen molar-refractivity contribution in [2.24, 2.45) is 0 Å². The van der Waals surface area contributed by atoms with Crippen molar-refractivity contribution < 1.29 is 14.9 Å². The van der Waals surface area contributed by atoms with Crippen molar-refractivity contribution in [3.05, 3.63) is 24.3 Å². The van der Waals surface area contributed by atoms with E-state index in [1.807, 2.05) is 0 Å². The molecule has 0 atom stereocenters. The Balaban J connectivity index is 0.000000292. The van der Waals surface area contributed by atoms with E-state index in [4.69, 9.17) is 14.9 Å². The van der Waals surface area contributed by atoms with Crippen molar-refractivity contribution >= 4 is 0 Å². The van der Waals surface area contributed by atoms with Crippen LogP contribution in [0, 0.1) is 0 Å². The van der Waals surface area contributed by atoms with Gasteiger partial charge in [0.25, 0.3) is 0 Å². The lowest BCUT2D eigenvalue weighted by atomic mass is 10.3. The molecule has 0 amide bonds. The van der Waals surface area contributed by atoms with E-state index in [-0.39, 0.29) is 5.75 Å². The number of hydrogen-bond donors (Lipinski definition) is 2. The van der Waals surface area contributed by atoms with Gasteiger partial charge < -0.3 is 14.9 Å². The minimum Gasteiger partial charge on any atom is -0.504 e. The van der Waals surface area contributed by atoms with Gasteiger partial charge in [0, 0.05) is 6.61 Å². The number of aliphatic hydroxyl groups excluding tert-OH is 1. The summed E-state index contributed by atoms with van der Waals surface area (Å²) in [6.07, 6.45) is 2.04. The molecule has 0 aromatic heterocycles. The fourth-order valence-electron chi connectivity index (χ4n) is 0.788. The zero-order valence-electron chi connectivity index (χ0n) is 8.73. The number of aromatic hydroxyl groups is 1. The van der Waals surface area contributed by atoms with E-state index < -0.39 is 0 Å². The number of para-hydroxylation sites is 2. The van der Waals surface area contributed by atoms with Crippen LogP contribution in [0.5, 0.6) is 11.5 Å². The topological polar surface area (TPSA) is 49.7 Å². The summed E-state index contributed by atoms with van der Waals surface area (Å²) in [7, 11) is 1.52. The summed E-state index contributed by atoms with van der Waals surface area (Å²) in [4.78, 5) is 0. The second kappa shape index (κ2) is 8.38. The molecule has 0 unspecified atom stereocenters. The van der Waals surface area contributed by atoms with Gasteiger partial charge in [-0.1, -0.05) is 25.5 Å². The average Bonchev–Trinajstić information content (AvgIpc) is 2.21. The minimum atomic E-state index is 0.181. The second-order valence-electron chi connectivity index (χ2n) is 2.75. The Kier molecular flexibility index (Phi) is 7.65. The largest absolute Gasteiger partial charge is 0.504 e.